The molecule has 1 saturated carbocycles. The van der Waals surface area contributed by atoms with Crippen LogP contribution in [0.3, 0.4) is 0 Å². The van der Waals surface area contributed by atoms with Crippen LogP contribution in [0.4, 0.5) is 0 Å². The zero-order valence-corrected chi connectivity index (χ0v) is 21.4. The zero-order chi connectivity index (χ0) is 25.3. The third kappa shape index (κ3) is 5.02. The molecule has 5 rings (SSSR count). The predicted molar refractivity (Wildman–Crippen MR) is 137 cm³/mol. The standard InChI is InChI=1S/C28H41N5O3/c29-23(25(30)35)8-9-24(34)33-19-28(20-33)18-31(16-21-6-2-1-3-7-21)17-22(28)26(36)32-14-12-27(13-15-32)10-4-5-11-27/h1-3,6-7,22-23H,4-5,8-20,29H2,(H2,30,35)/t22?,23-/m0/s1. The Labute approximate surface area is 214 Å². The fourth-order valence-corrected chi connectivity index (χ4v) is 7.21. The summed E-state index contributed by atoms with van der Waals surface area (Å²) >= 11 is 0. The van der Waals surface area contributed by atoms with Crippen LogP contribution in [0.1, 0.15) is 56.9 Å². The second-order valence-corrected chi connectivity index (χ2v) is 11.9. The van der Waals surface area contributed by atoms with Gasteiger partial charge in [0.25, 0.3) is 0 Å². The lowest BCUT2D eigenvalue weighted by molar-refractivity contribution is -0.155. The zero-order valence-electron chi connectivity index (χ0n) is 21.4. The molecule has 3 heterocycles. The summed E-state index contributed by atoms with van der Waals surface area (Å²) in [5, 5.41) is 0. The summed E-state index contributed by atoms with van der Waals surface area (Å²) in [5.74, 6) is -0.398. The van der Waals surface area contributed by atoms with Crippen LogP contribution in [0.25, 0.3) is 0 Å². The predicted octanol–water partition coefficient (Wildman–Crippen LogP) is 1.72. The molecule has 0 radical (unpaired) electrons. The van der Waals surface area contributed by atoms with E-state index < -0.39 is 11.9 Å². The number of benzene rings is 1. The average molecular weight is 496 g/mol. The average Bonchev–Trinajstić information content (AvgIpc) is 3.47. The molecule has 0 aromatic heterocycles. The molecule has 1 aliphatic carbocycles. The molecule has 36 heavy (non-hydrogen) atoms. The van der Waals surface area contributed by atoms with Crippen LogP contribution in [0.5, 0.6) is 0 Å². The molecule has 4 fully saturated rings. The van der Waals surface area contributed by atoms with E-state index in [0.29, 0.717) is 18.5 Å². The number of hydrogen-bond acceptors (Lipinski definition) is 5. The lowest BCUT2D eigenvalue weighted by atomic mass is 9.70. The fraction of sp³-hybridized carbons (Fsp3) is 0.679. The third-order valence-electron chi connectivity index (χ3n) is 9.46. The Kier molecular flexibility index (Phi) is 7.10. The highest BCUT2D eigenvalue weighted by atomic mass is 16.2. The van der Waals surface area contributed by atoms with E-state index in [2.05, 4.69) is 34.1 Å². The molecule has 4 aliphatic rings. The molecule has 0 bridgehead atoms. The highest BCUT2D eigenvalue weighted by Crippen LogP contribution is 2.48. The molecular weight excluding hydrogens is 454 g/mol. The van der Waals surface area contributed by atoms with E-state index in [1.54, 1.807) is 0 Å². The van der Waals surface area contributed by atoms with Crippen molar-refractivity contribution in [2.24, 2.45) is 28.2 Å². The van der Waals surface area contributed by atoms with Crippen molar-refractivity contribution < 1.29 is 14.4 Å². The molecular formula is C28H41N5O3. The summed E-state index contributed by atoms with van der Waals surface area (Å²) in [6, 6.07) is 9.59. The van der Waals surface area contributed by atoms with Gasteiger partial charge in [-0.15, -0.1) is 0 Å². The second-order valence-electron chi connectivity index (χ2n) is 11.9. The lowest BCUT2D eigenvalue weighted by Gasteiger charge is -2.52. The van der Waals surface area contributed by atoms with Crippen LogP contribution in [0.15, 0.2) is 30.3 Å². The minimum Gasteiger partial charge on any atom is -0.368 e. The number of carbonyl (C=O) groups excluding carboxylic acids is 3. The number of primary amides is 1. The maximum atomic E-state index is 13.9. The maximum absolute atomic E-state index is 13.9. The topological polar surface area (TPSA) is 113 Å². The molecule has 2 spiro atoms. The van der Waals surface area contributed by atoms with Gasteiger partial charge in [-0.3, -0.25) is 19.3 Å². The monoisotopic (exact) mass is 495 g/mol. The summed E-state index contributed by atoms with van der Waals surface area (Å²) in [6.45, 7) is 5.31. The van der Waals surface area contributed by atoms with Crippen LogP contribution in [-0.4, -0.2) is 77.7 Å². The van der Waals surface area contributed by atoms with Gasteiger partial charge in [0.05, 0.1) is 12.0 Å². The molecule has 1 aromatic carbocycles. The van der Waals surface area contributed by atoms with Gasteiger partial charge in [-0.2, -0.15) is 0 Å². The molecule has 1 aromatic rings. The van der Waals surface area contributed by atoms with Crippen molar-refractivity contribution in [3.63, 3.8) is 0 Å². The summed E-state index contributed by atoms with van der Waals surface area (Å²) in [7, 11) is 0. The molecule has 3 aliphatic heterocycles. The quantitative estimate of drug-likeness (QED) is 0.598. The number of rotatable bonds is 7. The van der Waals surface area contributed by atoms with E-state index in [1.165, 1.54) is 31.2 Å². The van der Waals surface area contributed by atoms with Gasteiger partial charge in [0.1, 0.15) is 0 Å². The molecule has 2 atom stereocenters. The summed E-state index contributed by atoms with van der Waals surface area (Å²) in [5.41, 5.74) is 12.5. The van der Waals surface area contributed by atoms with E-state index in [4.69, 9.17) is 11.5 Å². The minimum atomic E-state index is -0.798. The molecule has 8 nitrogen and oxygen atoms in total. The number of piperidine rings is 1. The Balaban J connectivity index is 1.24. The van der Waals surface area contributed by atoms with Gasteiger partial charge in [-0.1, -0.05) is 43.2 Å². The first-order valence-electron chi connectivity index (χ1n) is 13.7. The molecule has 3 amide bonds. The van der Waals surface area contributed by atoms with Gasteiger partial charge in [0.2, 0.25) is 17.7 Å². The number of nitrogens with two attached hydrogens (primary N) is 2. The third-order valence-corrected chi connectivity index (χ3v) is 9.46. The van der Waals surface area contributed by atoms with Crippen LogP contribution in [0.2, 0.25) is 0 Å². The van der Waals surface area contributed by atoms with Crippen LogP contribution in [0, 0.1) is 16.7 Å². The first-order valence-corrected chi connectivity index (χ1v) is 13.7. The Morgan fingerprint density at radius 1 is 0.944 bits per heavy atom. The summed E-state index contributed by atoms with van der Waals surface area (Å²) in [6.07, 6.45) is 8.06. The van der Waals surface area contributed by atoms with Crippen LogP contribution >= 0.6 is 0 Å². The smallest absolute Gasteiger partial charge is 0.234 e. The molecule has 196 valence electrons. The van der Waals surface area contributed by atoms with E-state index in [0.717, 1.165) is 45.6 Å². The normalized spacial score (nSPS) is 25.8. The maximum Gasteiger partial charge on any atom is 0.234 e. The molecule has 1 unspecified atom stereocenters. The largest absolute Gasteiger partial charge is 0.368 e. The van der Waals surface area contributed by atoms with Gasteiger partial charge in [0.15, 0.2) is 0 Å². The lowest BCUT2D eigenvalue weighted by Crippen LogP contribution is -2.64. The SMILES string of the molecule is NC(=O)[C@@H](N)CCC(=O)N1CC2(CN(Cc3ccccc3)CC2C(=O)N2CCC3(CCCC3)CC2)C1. The Bertz CT molecular complexity index is 961. The van der Waals surface area contributed by atoms with Gasteiger partial charge in [-0.25, -0.2) is 0 Å². The first kappa shape index (κ1) is 25.2. The number of carbonyl (C=O) groups is 3. The van der Waals surface area contributed by atoms with Crippen molar-refractivity contribution in [1.29, 1.82) is 0 Å². The van der Waals surface area contributed by atoms with Crippen molar-refractivity contribution >= 4 is 17.7 Å². The van der Waals surface area contributed by atoms with Crippen molar-refractivity contribution in [3.05, 3.63) is 35.9 Å². The van der Waals surface area contributed by atoms with E-state index in [-0.39, 0.29) is 36.0 Å². The number of nitrogens with zero attached hydrogens (tertiary/aromatic N) is 3. The van der Waals surface area contributed by atoms with Crippen LogP contribution < -0.4 is 11.5 Å². The molecule has 3 saturated heterocycles. The van der Waals surface area contributed by atoms with Gasteiger partial charge >= 0.3 is 0 Å². The number of amides is 3. The Morgan fingerprint density at radius 3 is 2.25 bits per heavy atom. The minimum absolute atomic E-state index is 0.00817. The fourth-order valence-electron chi connectivity index (χ4n) is 7.21. The summed E-state index contributed by atoms with van der Waals surface area (Å²) in [4.78, 5) is 44.3. The Hall–Kier alpha value is -2.45. The molecule has 4 N–H and O–H groups in total. The highest BCUT2D eigenvalue weighted by molar-refractivity contribution is 5.83. The van der Waals surface area contributed by atoms with Crippen molar-refractivity contribution in [3.8, 4) is 0 Å². The van der Waals surface area contributed by atoms with Gasteiger partial charge in [-0.05, 0) is 43.1 Å². The van der Waals surface area contributed by atoms with Gasteiger partial charge in [0, 0.05) is 57.6 Å². The first-order chi connectivity index (χ1) is 17.3. The van der Waals surface area contributed by atoms with Crippen molar-refractivity contribution in [1.82, 2.24) is 14.7 Å². The number of hydrogen-bond donors (Lipinski definition) is 2. The summed E-state index contributed by atoms with van der Waals surface area (Å²) < 4.78 is 0. The van der Waals surface area contributed by atoms with E-state index in [1.807, 2.05) is 11.0 Å². The number of likely N-dealkylation sites (tertiary alicyclic amines) is 3. The Morgan fingerprint density at radius 2 is 1.61 bits per heavy atom. The van der Waals surface area contributed by atoms with Crippen molar-refractivity contribution in [2.45, 2.75) is 64.0 Å². The van der Waals surface area contributed by atoms with E-state index >= 15 is 0 Å². The molecule has 8 heteroatoms. The van der Waals surface area contributed by atoms with Crippen LogP contribution in [-0.2, 0) is 20.9 Å². The van der Waals surface area contributed by atoms with Gasteiger partial charge < -0.3 is 21.3 Å². The highest BCUT2D eigenvalue weighted by Gasteiger charge is 2.58. The second kappa shape index (κ2) is 10.1. The van der Waals surface area contributed by atoms with E-state index in [9.17, 15) is 14.4 Å². The van der Waals surface area contributed by atoms with Crippen molar-refractivity contribution in [2.75, 3.05) is 39.3 Å².